The maximum atomic E-state index is 13.6. The lowest BCUT2D eigenvalue weighted by Crippen LogP contribution is -2.47. The van der Waals surface area contributed by atoms with Gasteiger partial charge in [-0.15, -0.1) is 0 Å². The second kappa shape index (κ2) is 10.1. The molecule has 188 valence electrons. The van der Waals surface area contributed by atoms with Gasteiger partial charge in [0.15, 0.2) is 5.82 Å². The number of methoxy groups -OCH3 is 2. The number of benzene rings is 2. The van der Waals surface area contributed by atoms with Crippen LogP contribution in [-0.4, -0.2) is 66.8 Å². The van der Waals surface area contributed by atoms with Crippen molar-refractivity contribution in [2.24, 2.45) is 0 Å². The molecule has 3 aromatic rings. The second-order valence-corrected chi connectivity index (χ2v) is 9.40. The molecular weight excluding hydrogens is 456 g/mol. The molecule has 8 nitrogen and oxygen atoms in total. The Kier molecular flexibility index (Phi) is 6.78. The van der Waals surface area contributed by atoms with Crippen molar-refractivity contribution >= 4 is 11.7 Å². The molecule has 1 fully saturated rings. The van der Waals surface area contributed by atoms with E-state index in [1.807, 2.05) is 35.2 Å². The molecule has 2 aliphatic heterocycles. The van der Waals surface area contributed by atoms with Crippen LogP contribution in [0.2, 0.25) is 0 Å². The topological polar surface area (TPSA) is 77.0 Å². The summed E-state index contributed by atoms with van der Waals surface area (Å²) in [4.78, 5) is 27.7. The van der Waals surface area contributed by atoms with E-state index in [0.717, 1.165) is 35.7 Å². The second-order valence-electron chi connectivity index (χ2n) is 9.40. The van der Waals surface area contributed by atoms with Gasteiger partial charge in [0.1, 0.15) is 17.3 Å². The van der Waals surface area contributed by atoms with Gasteiger partial charge in [0.25, 0.3) is 5.91 Å². The monoisotopic (exact) mass is 488 g/mol. The van der Waals surface area contributed by atoms with E-state index < -0.39 is 0 Å². The molecule has 5 rings (SSSR count). The molecule has 0 radical (unpaired) electrons. The highest BCUT2D eigenvalue weighted by atomic mass is 16.5. The molecule has 1 aromatic heterocycles. The number of amides is 1. The van der Waals surface area contributed by atoms with Crippen LogP contribution in [0.1, 0.15) is 35.5 Å². The van der Waals surface area contributed by atoms with Gasteiger partial charge >= 0.3 is 0 Å². The summed E-state index contributed by atoms with van der Waals surface area (Å²) < 4.78 is 16.7. The van der Waals surface area contributed by atoms with Crippen LogP contribution in [0.4, 0.5) is 5.82 Å². The predicted molar refractivity (Wildman–Crippen MR) is 138 cm³/mol. The molecule has 3 heterocycles. The van der Waals surface area contributed by atoms with Crippen LogP contribution in [-0.2, 0) is 17.7 Å². The average Bonchev–Trinajstić information content (AvgIpc) is 2.91. The van der Waals surface area contributed by atoms with Crippen molar-refractivity contribution in [1.82, 2.24) is 14.9 Å². The zero-order chi connectivity index (χ0) is 25.2. The standard InChI is InChI=1S/C28H32N4O4/c1-18-15-32(16-19(2)36-18)27-24-17-31(28(33)21-12-22(34-3)14-23(13-21)35-4)11-10-25(24)29-26(30-27)20-8-6-5-7-9-20/h5-9,12-14,18-19H,10-11,15-17H2,1-4H3/t18-,19+. The van der Waals surface area contributed by atoms with Crippen molar-refractivity contribution in [1.29, 1.82) is 0 Å². The smallest absolute Gasteiger partial charge is 0.254 e. The van der Waals surface area contributed by atoms with Gasteiger partial charge in [-0.05, 0) is 26.0 Å². The minimum absolute atomic E-state index is 0.0698. The van der Waals surface area contributed by atoms with Crippen LogP contribution in [0.3, 0.4) is 0 Å². The number of fused-ring (bicyclic) bond motifs is 1. The van der Waals surface area contributed by atoms with Crippen molar-refractivity contribution in [2.45, 2.75) is 39.0 Å². The third-order valence-corrected chi connectivity index (χ3v) is 6.68. The van der Waals surface area contributed by atoms with Gasteiger partial charge in [-0.1, -0.05) is 30.3 Å². The molecule has 0 unspecified atom stereocenters. The normalized spacial score (nSPS) is 19.6. The lowest BCUT2D eigenvalue weighted by molar-refractivity contribution is -0.00558. The fourth-order valence-electron chi connectivity index (χ4n) is 5.01. The summed E-state index contributed by atoms with van der Waals surface area (Å²) in [5, 5.41) is 0. The van der Waals surface area contributed by atoms with E-state index in [-0.39, 0.29) is 18.1 Å². The Morgan fingerprint density at radius 1 is 0.972 bits per heavy atom. The van der Waals surface area contributed by atoms with Gasteiger partial charge in [-0.25, -0.2) is 9.97 Å². The summed E-state index contributed by atoms with van der Waals surface area (Å²) >= 11 is 0. The fourth-order valence-corrected chi connectivity index (χ4v) is 5.01. The summed E-state index contributed by atoms with van der Waals surface area (Å²) in [6, 6.07) is 15.3. The molecule has 1 saturated heterocycles. The van der Waals surface area contributed by atoms with Crippen LogP contribution < -0.4 is 14.4 Å². The van der Waals surface area contributed by atoms with Gasteiger partial charge in [0.2, 0.25) is 0 Å². The molecule has 2 aromatic carbocycles. The molecule has 0 saturated carbocycles. The molecule has 0 N–H and O–H groups in total. The number of hydrogen-bond acceptors (Lipinski definition) is 7. The number of morpholine rings is 1. The van der Waals surface area contributed by atoms with Crippen molar-refractivity contribution in [2.75, 3.05) is 38.8 Å². The highest BCUT2D eigenvalue weighted by Crippen LogP contribution is 2.32. The first-order valence-electron chi connectivity index (χ1n) is 12.3. The lowest BCUT2D eigenvalue weighted by atomic mass is 10.0. The van der Waals surface area contributed by atoms with Crippen LogP contribution in [0.25, 0.3) is 11.4 Å². The molecule has 0 spiro atoms. The summed E-state index contributed by atoms with van der Waals surface area (Å²) in [6.45, 7) is 6.66. The maximum absolute atomic E-state index is 13.6. The van der Waals surface area contributed by atoms with Crippen molar-refractivity contribution in [3.8, 4) is 22.9 Å². The van der Waals surface area contributed by atoms with Crippen LogP contribution in [0.5, 0.6) is 11.5 Å². The highest BCUT2D eigenvalue weighted by molar-refractivity contribution is 5.95. The quantitative estimate of drug-likeness (QED) is 0.538. The van der Waals surface area contributed by atoms with Crippen LogP contribution in [0.15, 0.2) is 48.5 Å². The number of ether oxygens (including phenoxy) is 3. The third kappa shape index (κ3) is 4.86. The third-order valence-electron chi connectivity index (χ3n) is 6.68. The molecule has 0 aliphatic carbocycles. The first kappa shape index (κ1) is 24.1. The Balaban J connectivity index is 1.52. The van der Waals surface area contributed by atoms with E-state index in [2.05, 4.69) is 18.7 Å². The zero-order valence-corrected chi connectivity index (χ0v) is 21.2. The number of aromatic nitrogens is 2. The molecule has 0 bridgehead atoms. The van der Waals surface area contributed by atoms with Crippen molar-refractivity contribution in [3.05, 3.63) is 65.4 Å². The van der Waals surface area contributed by atoms with Crippen LogP contribution in [0, 0.1) is 0 Å². The van der Waals surface area contributed by atoms with Gasteiger partial charge in [0.05, 0.1) is 38.7 Å². The van der Waals surface area contributed by atoms with Crippen LogP contribution >= 0.6 is 0 Å². The number of carbonyl (C=O) groups excluding carboxylic acids is 1. The first-order chi connectivity index (χ1) is 17.4. The highest BCUT2D eigenvalue weighted by Gasteiger charge is 2.31. The zero-order valence-electron chi connectivity index (χ0n) is 21.2. The SMILES string of the molecule is COc1cc(OC)cc(C(=O)N2CCc3nc(-c4ccccc4)nc(N4C[C@@H](C)O[C@@H](C)C4)c3C2)c1. The number of nitrogens with zero attached hydrogens (tertiary/aromatic N) is 4. The minimum atomic E-state index is -0.0698. The van der Waals surface area contributed by atoms with Crippen molar-refractivity contribution < 1.29 is 19.0 Å². The van der Waals surface area contributed by atoms with Gasteiger partial charge < -0.3 is 24.0 Å². The van der Waals surface area contributed by atoms with Crippen molar-refractivity contribution in [3.63, 3.8) is 0 Å². The molecule has 8 heteroatoms. The van der Waals surface area contributed by atoms with E-state index >= 15 is 0 Å². The van der Waals surface area contributed by atoms with E-state index in [9.17, 15) is 4.79 Å². The number of rotatable bonds is 5. The molecule has 1 amide bonds. The molecule has 2 atom stereocenters. The number of hydrogen-bond donors (Lipinski definition) is 0. The molecular formula is C28H32N4O4. The molecule has 2 aliphatic rings. The first-order valence-corrected chi connectivity index (χ1v) is 12.3. The van der Waals surface area contributed by atoms with E-state index in [1.165, 1.54) is 0 Å². The molecule has 36 heavy (non-hydrogen) atoms. The predicted octanol–water partition coefficient (Wildman–Crippen LogP) is 3.97. The average molecular weight is 489 g/mol. The summed E-state index contributed by atoms with van der Waals surface area (Å²) in [5.74, 6) is 2.71. The maximum Gasteiger partial charge on any atom is 0.254 e. The lowest BCUT2D eigenvalue weighted by Gasteiger charge is -2.39. The largest absolute Gasteiger partial charge is 0.497 e. The number of carbonyl (C=O) groups is 1. The summed E-state index contributed by atoms with van der Waals surface area (Å²) in [5.41, 5.74) is 3.52. The fraction of sp³-hybridized carbons (Fsp3) is 0.393. The van der Waals surface area contributed by atoms with Gasteiger partial charge in [0, 0.05) is 48.8 Å². The summed E-state index contributed by atoms with van der Waals surface area (Å²) in [7, 11) is 3.16. The van der Waals surface area contributed by atoms with E-state index in [4.69, 9.17) is 24.2 Å². The Morgan fingerprint density at radius 2 is 1.64 bits per heavy atom. The number of anilines is 1. The summed E-state index contributed by atoms with van der Waals surface area (Å²) in [6.07, 6.45) is 0.836. The van der Waals surface area contributed by atoms with Gasteiger partial charge in [-0.3, -0.25) is 4.79 Å². The van der Waals surface area contributed by atoms with Gasteiger partial charge in [-0.2, -0.15) is 0 Å². The minimum Gasteiger partial charge on any atom is -0.497 e. The Labute approximate surface area is 211 Å². The Morgan fingerprint density at radius 3 is 2.28 bits per heavy atom. The van der Waals surface area contributed by atoms with E-state index in [1.54, 1.807) is 32.4 Å². The Bertz CT molecular complexity index is 1220. The Hall–Kier alpha value is -3.65. The van der Waals surface area contributed by atoms with E-state index in [0.29, 0.717) is 42.4 Å².